The number of hydrogen-bond acceptors (Lipinski definition) is 7. The van der Waals surface area contributed by atoms with Crippen molar-refractivity contribution in [3.8, 4) is 5.75 Å². The number of carbonyl (C=O) groups is 1. The fraction of sp³-hybridized carbons (Fsp3) is 0.276. The van der Waals surface area contributed by atoms with Crippen LogP contribution in [0.25, 0.3) is 0 Å². The van der Waals surface area contributed by atoms with E-state index >= 15 is 0 Å². The fourth-order valence-electron chi connectivity index (χ4n) is 4.87. The molecule has 7 heteroatoms. The van der Waals surface area contributed by atoms with Gasteiger partial charge in [-0.05, 0) is 80.8 Å². The van der Waals surface area contributed by atoms with Crippen molar-refractivity contribution in [1.29, 1.82) is 5.41 Å². The molecule has 2 aromatic carbocycles. The molecule has 1 atom stereocenters. The van der Waals surface area contributed by atoms with E-state index < -0.39 is 5.97 Å². The molecule has 0 fully saturated rings. The Morgan fingerprint density at radius 3 is 2.64 bits per heavy atom. The molecule has 2 N–H and O–H groups in total. The minimum atomic E-state index is -0.426. The highest BCUT2D eigenvalue weighted by atomic mass is 16.5. The predicted molar refractivity (Wildman–Crippen MR) is 142 cm³/mol. The molecule has 1 unspecified atom stereocenters. The standard InChI is InChI=1S/C29H31N3O4/c1-4-32-25-14-13-23(33)17-24(25)29(2,18-20-7-5-6-8-20)26(32)15-16-31-19-36-27(30)21-9-11-22(12-10-21)28(34)35-3/h5-7,9-17,30,33H,4,8,18-19H2,1-3H3/b26-15-,30-27?,31-16-. The second-order valence-electron chi connectivity index (χ2n) is 8.97. The summed E-state index contributed by atoms with van der Waals surface area (Å²) in [6.07, 6.45) is 11.9. The molecular formula is C29H31N3O4. The molecular weight excluding hydrogens is 454 g/mol. The lowest BCUT2D eigenvalue weighted by atomic mass is 9.76. The van der Waals surface area contributed by atoms with Gasteiger partial charge in [0.1, 0.15) is 5.75 Å². The van der Waals surface area contributed by atoms with Crippen molar-refractivity contribution in [3.63, 3.8) is 0 Å². The number of anilines is 1. The zero-order valence-corrected chi connectivity index (χ0v) is 20.8. The monoisotopic (exact) mass is 485 g/mol. The Kier molecular flexibility index (Phi) is 7.38. The minimum Gasteiger partial charge on any atom is -0.508 e. The Morgan fingerprint density at radius 1 is 1.22 bits per heavy atom. The molecule has 2 aliphatic rings. The van der Waals surface area contributed by atoms with Gasteiger partial charge in [-0.25, -0.2) is 4.79 Å². The SMILES string of the molecule is CCN1/C(=C\C=N/COC(=N)c2ccc(C(=O)OC)cc2)C(C)(CC2=CC=CC2)c2cc(O)ccc21. The van der Waals surface area contributed by atoms with Gasteiger partial charge in [0.25, 0.3) is 0 Å². The van der Waals surface area contributed by atoms with Crippen LogP contribution in [-0.2, 0) is 14.9 Å². The number of benzene rings is 2. The van der Waals surface area contributed by atoms with Crippen molar-refractivity contribution in [3.05, 3.63) is 94.7 Å². The summed E-state index contributed by atoms with van der Waals surface area (Å²) in [4.78, 5) is 18.2. The smallest absolute Gasteiger partial charge is 0.337 e. The number of esters is 1. The van der Waals surface area contributed by atoms with Crippen LogP contribution in [0.15, 0.2) is 83.0 Å². The molecule has 4 rings (SSSR count). The number of aromatic hydroxyl groups is 1. The van der Waals surface area contributed by atoms with Crippen LogP contribution in [0.1, 0.15) is 48.2 Å². The van der Waals surface area contributed by atoms with Crippen LogP contribution < -0.4 is 4.90 Å². The third kappa shape index (κ3) is 4.96. The number of likely N-dealkylation sites (N-methyl/N-ethyl adjacent to an activating group) is 1. The number of fused-ring (bicyclic) bond motifs is 1. The molecule has 1 heterocycles. The zero-order chi connectivity index (χ0) is 25.7. The number of ether oxygens (including phenoxy) is 2. The first kappa shape index (κ1) is 25.0. The molecule has 0 radical (unpaired) electrons. The predicted octanol–water partition coefficient (Wildman–Crippen LogP) is 5.51. The summed E-state index contributed by atoms with van der Waals surface area (Å²) in [5.74, 6) is -0.193. The minimum absolute atomic E-state index is 0.00693. The lowest BCUT2D eigenvalue weighted by molar-refractivity contribution is 0.0600. The van der Waals surface area contributed by atoms with Crippen LogP contribution in [0.3, 0.4) is 0 Å². The molecule has 0 bridgehead atoms. The molecule has 0 aromatic heterocycles. The number of allylic oxidation sites excluding steroid dienone is 6. The first-order chi connectivity index (χ1) is 17.4. The average Bonchev–Trinajstić information content (AvgIpc) is 3.47. The van der Waals surface area contributed by atoms with Crippen LogP contribution in [0, 0.1) is 5.41 Å². The molecule has 36 heavy (non-hydrogen) atoms. The van der Waals surface area contributed by atoms with E-state index in [-0.39, 0.29) is 23.8 Å². The van der Waals surface area contributed by atoms with Crippen molar-refractivity contribution in [2.24, 2.45) is 4.99 Å². The average molecular weight is 486 g/mol. The van der Waals surface area contributed by atoms with Crippen molar-refractivity contribution in [2.75, 3.05) is 25.3 Å². The maximum Gasteiger partial charge on any atom is 0.337 e. The summed E-state index contributed by atoms with van der Waals surface area (Å²) in [6, 6.07) is 12.0. The summed E-state index contributed by atoms with van der Waals surface area (Å²) < 4.78 is 10.2. The van der Waals surface area contributed by atoms with Gasteiger partial charge < -0.3 is 19.5 Å². The molecule has 7 nitrogen and oxygen atoms in total. The number of nitrogens with one attached hydrogen (secondary N) is 1. The number of rotatable bonds is 8. The van der Waals surface area contributed by atoms with Crippen LogP contribution in [-0.4, -0.2) is 43.6 Å². The molecule has 1 aliphatic carbocycles. The molecule has 0 amide bonds. The number of aliphatic imine (C=N–C) groups is 1. The highest BCUT2D eigenvalue weighted by Crippen LogP contribution is 2.52. The van der Waals surface area contributed by atoms with E-state index in [2.05, 4.69) is 42.0 Å². The number of carbonyl (C=O) groups excluding carboxylic acids is 1. The van der Waals surface area contributed by atoms with E-state index in [0.29, 0.717) is 11.1 Å². The number of methoxy groups -OCH3 is 1. The lowest BCUT2D eigenvalue weighted by Gasteiger charge is -2.30. The highest BCUT2D eigenvalue weighted by Gasteiger charge is 2.43. The van der Waals surface area contributed by atoms with Crippen molar-refractivity contribution < 1.29 is 19.4 Å². The third-order valence-corrected chi connectivity index (χ3v) is 6.66. The Labute approximate surface area is 211 Å². The van der Waals surface area contributed by atoms with Gasteiger partial charge in [0.15, 0.2) is 6.73 Å². The first-order valence-corrected chi connectivity index (χ1v) is 11.9. The molecule has 0 spiro atoms. The van der Waals surface area contributed by atoms with E-state index in [9.17, 15) is 9.90 Å². The van der Waals surface area contributed by atoms with Crippen molar-refractivity contribution in [1.82, 2.24) is 0 Å². The molecule has 186 valence electrons. The Hall–Kier alpha value is -4.13. The Bertz CT molecular complexity index is 1270. The van der Waals surface area contributed by atoms with Crippen LogP contribution in [0.2, 0.25) is 0 Å². The van der Waals surface area contributed by atoms with E-state index in [4.69, 9.17) is 14.9 Å². The van der Waals surface area contributed by atoms with E-state index in [1.165, 1.54) is 12.7 Å². The molecule has 2 aromatic rings. The topological polar surface area (TPSA) is 95.2 Å². The second-order valence-corrected chi connectivity index (χ2v) is 8.97. The highest BCUT2D eigenvalue weighted by molar-refractivity contribution is 5.94. The van der Waals surface area contributed by atoms with Gasteiger partial charge in [-0.1, -0.05) is 23.8 Å². The molecule has 1 aliphatic heterocycles. The van der Waals surface area contributed by atoms with E-state index in [1.54, 1.807) is 36.5 Å². The normalized spacial score (nSPS) is 19.6. The molecule has 0 saturated heterocycles. The Morgan fingerprint density at radius 2 is 1.97 bits per heavy atom. The lowest BCUT2D eigenvalue weighted by Crippen LogP contribution is -2.29. The first-order valence-electron chi connectivity index (χ1n) is 11.9. The summed E-state index contributed by atoms with van der Waals surface area (Å²) >= 11 is 0. The van der Waals surface area contributed by atoms with E-state index in [0.717, 1.165) is 36.3 Å². The van der Waals surface area contributed by atoms with Gasteiger partial charge in [0, 0.05) is 35.1 Å². The largest absolute Gasteiger partial charge is 0.508 e. The van der Waals surface area contributed by atoms with Crippen LogP contribution >= 0.6 is 0 Å². The quantitative estimate of drug-likeness (QED) is 0.292. The number of phenolic OH excluding ortho intramolecular Hbond substituents is 1. The maximum atomic E-state index is 11.6. The van der Waals surface area contributed by atoms with Crippen molar-refractivity contribution in [2.45, 2.75) is 32.1 Å². The number of hydrogen-bond donors (Lipinski definition) is 2. The summed E-state index contributed by atoms with van der Waals surface area (Å²) in [7, 11) is 1.33. The summed E-state index contributed by atoms with van der Waals surface area (Å²) in [5, 5.41) is 18.4. The zero-order valence-electron chi connectivity index (χ0n) is 20.8. The fourth-order valence-corrected chi connectivity index (χ4v) is 4.87. The van der Waals surface area contributed by atoms with Crippen LogP contribution in [0.5, 0.6) is 5.75 Å². The maximum absolute atomic E-state index is 11.6. The van der Waals surface area contributed by atoms with Gasteiger partial charge in [-0.15, -0.1) is 0 Å². The van der Waals surface area contributed by atoms with Gasteiger partial charge in [-0.2, -0.15) is 0 Å². The number of phenols is 1. The van der Waals surface area contributed by atoms with Crippen molar-refractivity contribution >= 4 is 23.8 Å². The van der Waals surface area contributed by atoms with E-state index in [1.807, 2.05) is 18.2 Å². The summed E-state index contributed by atoms with van der Waals surface area (Å²) in [6.45, 7) is 5.10. The van der Waals surface area contributed by atoms with Gasteiger partial charge in [-0.3, -0.25) is 10.4 Å². The van der Waals surface area contributed by atoms with Gasteiger partial charge in [0.05, 0.1) is 12.7 Å². The Balaban J connectivity index is 1.49. The van der Waals surface area contributed by atoms with Gasteiger partial charge in [0.2, 0.25) is 5.90 Å². The second kappa shape index (κ2) is 10.6. The van der Waals surface area contributed by atoms with Crippen LogP contribution in [0.4, 0.5) is 5.69 Å². The summed E-state index contributed by atoms with van der Waals surface area (Å²) in [5.41, 5.74) is 5.30. The molecule has 0 saturated carbocycles. The number of nitrogens with zero attached hydrogens (tertiary/aromatic N) is 2. The third-order valence-electron chi connectivity index (χ3n) is 6.66. The van der Waals surface area contributed by atoms with Gasteiger partial charge >= 0.3 is 5.97 Å².